The van der Waals surface area contributed by atoms with Gasteiger partial charge in [0.15, 0.2) is 0 Å². The summed E-state index contributed by atoms with van der Waals surface area (Å²) in [7, 11) is 0. The molecule has 0 aromatic rings. The predicted molar refractivity (Wildman–Crippen MR) is 40.8 cm³/mol. The van der Waals surface area contributed by atoms with Crippen LogP contribution in [-0.4, -0.2) is 19.5 Å². The zero-order valence-corrected chi connectivity index (χ0v) is 6.12. The van der Waals surface area contributed by atoms with E-state index in [9.17, 15) is 4.79 Å². The second-order valence-corrected chi connectivity index (χ2v) is 1.67. The van der Waals surface area contributed by atoms with Crippen LogP contribution in [0.5, 0.6) is 0 Å². The van der Waals surface area contributed by atoms with Crippen LogP contribution >= 0.6 is 0 Å². The Bertz CT molecular complexity index is 125. The van der Waals surface area contributed by atoms with E-state index in [1.165, 1.54) is 6.08 Å². The maximum atomic E-state index is 9.74. The Morgan fingerprint density at radius 1 is 1.30 bits per heavy atom. The summed E-state index contributed by atoms with van der Waals surface area (Å²) in [6.45, 7) is 3.05. The first-order valence-corrected chi connectivity index (χ1v) is 3.21. The van der Waals surface area contributed by atoms with Gasteiger partial charge in [0.1, 0.15) is 6.29 Å². The number of aldehydes is 1. The third-order valence-corrected chi connectivity index (χ3v) is 0.879. The Morgan fingerprint density at radius 3 is 2.60 bits per heavy atom. The van der Waals surface area contributed by atoms with Crippen molar-refractivity contribution >= 4 is 6.29 Å². The van der Waals surface area contributed by atoms with Gasteiger partial charge in [-0.1, -0.05) is 18.2 Å². The van der Waals surface area contributed by atoms with Gasteiger partial charge in [-0.2, -0.15) is 0 Å². The Balaban J connectivity index is 3.04. The third-order valence-electron chi connectivity index (χ3n) is 0.879. The minimum absolute atomic E-state index is 0.503. The topological polar surface area (TPSA) is 26.3 Å². The van der Waals surface area contributed by atoms with Crippen LogP contribution in [0.1, 0.15) is 6.92 Å². The summed E-state index contributed by atoms with van der Waals surface area (Å²) in [6.07, 6.45) is 7.67. The third kappa shape index (κ3) is 7.11. The number of rotatable bonds is 5. The van der Waals surface area contributed by atoms with E-state index >= 15 is 0 Å². The molecule has 0 unspecified atom stereocenters. The zero-order valence-electron chi connectivity index (χ0n) is 6.12. The molecule has 0 aliphatic carbocycles. The molecule has 0 spiro atoms. The summed E-state index contributed by atoms with van der Waals surface area (Å²) in [5.41, 5.74) is 0. The van der Waals surface area contributed by atoms with Gasteiger partial charge in [0, 0.05) is 0 Å². The van der Waals surface area contributed by atoms with Crippen molar-refractivity contribution < 1.29 is 9.53 Å². The average Bonchev–Trinajstić information content (AvgIpc) is 1.97. The van der Waals surface area contributed by atoms with Crippen molar-refractivity contribution in [3.05, 3.63) is 24.3 Å². The van der Waals surface area contributed by atoms with Crippen LogP contribution in [-0.2, 0) is 9.53 Å². The van der Waals surface area contributed by atoms with Gasteiger partial charge in [0.2, 0.25) is 0 Å². The van der Waals surface area contributed by atoms with Crippen molar-refractivity contribution in [2.45, 2.75) is 6.92 Å². The number of hydrogen-bond donors (Lipinski definition) is 0. The highest BCUT2D eigenvalue weighted by molar-refractivity contribution is 5.64. The van der Waals surface area contributed by atoms with E-state index in [0.717, 1.165) is 6.29 Å². The first kappa shape index (κ1) is 9.11. The van der Waals surface area contributed by atoms with Gasteiger partial charge in [-0.25, -0.2) is 0 Å². The molecule has 0 radical (unpaired) electrons. The van der Waals surface area contributed by atoms with Crippen LogP contribution in [0.2, 0.25) is 0 Å². The summed E-state index contributed by atoms with van der Waals surface area (Å²) >= 11 is 0. The number of carbonyl (C=O) groups is 1. The first-order valence-electron chi connectivity index (χ1n) is 3.21. The number of allylic oxidation sites excluding steroid dienone is 2. The monoisotopic (exact) mass is 140 g/mol. The average molecular weight is 140 g/mol. The van der Waals surface area contributed by atoms with E-state index in [4.69, 9.17) is 4.74 Å². The van der Waals surface area contributed by atoms with Crippen LogP contribution in [0.25, 0.3) is 0 Å². The predicted octanol–water partition coefficient (Wildman–Crippen LogP) is 1.33. The van der Waals surface area contributed by atoms with Gasteiger partial charge in [-0.15, -0.1) is 0 Å². The van der Waals surface area contributed by atoms with E-state index in [0.29, 0.717) is 13.2 Å². The number of hydrogen-bond acceptors (Lipinski definition) is 2. The Hall–Kier alpha value is -0.890. The standard InChI is InChI=1S/C8H12O2/c1-2-3-7-10-8-5-4-6-9/h2-6H,7-8H2,1H3/b3-2+,5-4+. The summed E-state index contributed by atoms with van der Waals surface area (Å²) in [6, 6.07) is 0. The molecular weight excluding hydrogens is 128 g/mol. The molecule has 56 valence electrons. The van der Waals surface area contributed by atoms with Crippen molar-refractivity contribution in [2.75, 3.05) is 13.2 Å². The lowest BCUT2D eigenvalue weighted by Gasteiger charge is -1.91. The summed E-state index contributed by atoms with van der Waals surface area (Å²) in [5, 5.41) is 0. The highest BCUT2D eigenvalue weighted by Gasteiger charge is 1.75. The molecule has 0 amide bonds. The maximum absolute atomic E-state index is 9.74. The molecule has 0 heterocycles. The highest BCUT2D eigenvalue weighted by Crippen LogP contribution is 1.78. The van der Waals surface area contributed by atoms with Gasteiger partial charge in [0.25, 0.3) is 0 Å². The fraction of sp³-hybridized carbons (Fsp3) is 0.375. The minimum atomic E-state index is 0.503. The lowest BCUT2D eigenvalue weighted by Crippen LogP contribution is -1.89. The Morgan fingerprint density at radius 2 is 2.00 bits per heavy atom. The fourth-order valence-electron chi connectivity index (χ4n) is 0.411. The lowest BCUT2D eigenvalue weighted by molar-refractivity contribution is -0.104. The van der Waals surface area contributed by atoms with Gasteiger partial charge >= 0.3 is 0 Å². The van der Waals surface area contributed by atoms with Gasteiger partial charge in [-0.05, 0) is 13.0 Å². The summed E-state index contributed by atoms with van der Waals surface area (Å²) < 4.78 is 5.04. The van der Waals surface area contributed by atoms with E-state index in [2.05, 4.69) is 0 Å². The lowest BCUT2D eigenvalue weighted by atomic mass is 10.5. The molecule has 0 atom stereocenters. The molecule has 0 N–H and O–H groups in total. The van der Waals surface area contributed by atoms with Crippen molar-refractivity contribution in [3.8, 4) is 0 Å². The van der Waals surface area contributed by atoms with Crippen LogP contribution in [0, 0.1) is 0 Å². The van der Waals surface area contributed by atoms with Crippen molar-refractivity contribution in [1.29, 1.82) is 0 Å². The molecule has 0 aliphatic rings. The van der Waals surface area contributed by atoms with Crippen LogP contribution in [0.15, 0.2) is 24.3 Å². The van der Waals surface area contributed by atoms with Crippen molar-refractivity contribution in [1.82, 2.24) is 0 Å². The molecule has 0 bridgehead atoms. The molecule has 2 heteroatoms. The second-order valence-electron chi connectivity index (χ2n) is 1.67. The van der Waals surface area contributed by atoms with E-state index < -0.39 is 0 Å². The molecule has 0 fully saturated rings. The second kappa shape index (κ2) is 8.11. The van der Waals surface area contributed by atoms with Crippen LogP contribution in [0.4, 0.5) is 0 Å². The molecule has 0 rings (SSSR count). The Labute approximate surface area is 61.2 Å². The molecular formula is C8H12O2. The van der Waals surface area contributed by atoms with E-state index in [1.807, 2.05) is 19.1 Å². The summed E-state index contributed by atoms with van der Waals surface area (Å²) in [4.78, 5) is 9.74. The summed E-state index contributed by atoms with van der Waals surface area (Å²) in [5.74, 6) is 0. The van der Waals surface area contributed by atoms with Crippen LogP contribution < -0.4 is 0 Å². The molecule has 0 aromatic heterocycles. The van der Waals surface area contributed by atoms with Gasteiger partial charge in [-0.3, -0.25) is 4.79 Å². The van der Waals surface area contributed by atoms with Crippen molar-refractivity contribution in [3.63, 3.8) is 0 Å². The van der Waals surface area contributed by atoms with E-state index in [-0.39, 0.29) is 0 Å². The minimum Gasteiger partial charge on any atom is -0.373 e. The molecule has 0 saturated heterocycles. The largest absolute Gasteiger partial charge is 0.373 e. The molecule has 2 nitrogen and oxygen atoms in total. The van der Waals surface area contributed by atoms with Gasteiger partial charge < -0.3 is 4.74 Å². The molecule has 0 aromatic carbocycles. The van der Waals surface area contributed by atoms with Crippen molar-refractivity contribution in [2.24, 2.45) is 0 Å². The first-order chi connectivity index (χ1) is 4.91. The number of carbonyl (C=O) groups excluding carboxylic acids is 1. The quantitative estimate of drug-likeness (QED) is 0.249. The Kier molecular flexibility index (Phi) is 7.39. The van der Waals surface area contributed by atoms with E-state index in [1.54, 1.807) is 6.08 Å². The smallest absolute Gasteiger partial charge is 0.142 e. The SMILES string of the molecule is C/C=C/COC/C=C/C=O. The highest BCUT2D eigenvalue weighted by atomic mass is 16.5. The molecule has 0 aliphatic heterocycles. The molecule has 0 saturated carbocycles. The number of ether oxygens (including phenoxy) is 1. The normalized spacial score (nSPS) is 11.3. The zero-order chi connectivity index (χ0) is 7.66. The van der Waals surface area contributed by atoms with Crippen LogP contribution in [0.3, 0.4) is 0 Å². The maximum Gasteiger partial charge on any atom is 0.142 e. The molecule has 10 heavy (non-hydrogen) atoms. The van der Waals surface area contributed by atoms with Gasteiger partial charge in [0.05, 0.1) is 13.2 Å². The fourth-order valence-corrected chi connectivity index (χ4v) is 0.411.